The summed E-state index contributed by atoms with van der Waals surface area (Å²) in [6, 6.07) is 7.33. The Hall–Kier alpha value is -1.22. The highest BCUT2D eigenvalue weighted by atomic mass is 35.5. The molecule has 1 spiro atoms. The zero-order valence-electron chi connectivity index (χ0n) is 12.5. The third kappa shape index (κ3) is 3.52. The number of amides is 1. The van der Waals surface area contributed by atoms with Crippen molar-refractivity contribution in [2.75, 3.05) is 18.8 Å². The lowest BCUT2D eigenvalue weighted by Gasteiger charge is -2.44. The second-order valence-electron chi connectivity index (χ2n) is 6.48. The molecule has 2 aliphatic rings. The average Bonchev–Trinajstić information content (AvgIpc) is 2.48. The molecule has 1 aromatic carbocycles. The lowest BCUT2D eigenvalue weighted by Crippen LogP contribution is -2.43. The highest BCUT2D eigenvalue weighted by Crippen LogP contribution is 2.44. The van der Waals surface area contributed by atoms with Gasteiger partial charge in [-0.05, 0) is 49.3 Å². The van der Waals surface area contributed by atoms with Crippen molar-refractivity contribution in [1.29, 1.82) is 0 Å². The van der Waals surface area contributed by atoms with Gasteiger partial charge in [-0.15, -0.1) is 12.4 Å². The second kappa shape index (κ2) is 6.69. The molecule has 0 bridgehead atoms. The van der Waals surface area contributed by atoms with Crippen LogP contribution in [0.4, 0.5) is 5.69 Å². The Bertz CT molecular complexity index is 487. The van der Waals surface area contributed by atoms with Crippen LogP contribution in [0, 0.1) is 5.41 Å². The molecule has 2 fully saturated rings. The molecule has 0 aromatic heterocycles. The van der Waals surface area contributed by atoms with Crippen molar-refractivity contribution in [3.63, 3.8) is 0 Å². The third-order valence-corrected chi connectivity index (χ3v) is 5.16. The number of hydrogen-bond acceptors (Lipinski definition) is 2. The number of anilines is 1. The van der Waals surface area contributed by atoms with Gasteiger partial charge in [0, 0.05) is 24.3 Å². The SMILES string of the molecule is Cl.Nc1cccc(C(=O)N2CCC3(CCCCC3)CC2)c1. The molecule has 1 amide bonds. The van der Waals surface area contributed by atoms with Crippen molar-refractivity contribution in [1.82, 2.24) is 4.90 Å². The number of benzene rings is 1. The number of carbonyl (C=O) groups excluding carboxylic acids is 1. The number of hydrogen-bond donors (Lipinski definition) is 1. The molecular formula is C17H25ClN2O. The van der Waals surface area contributed by atoms with Crippen LogP contribution in [0.15, 0.2) is 24.3 Å². The summed E-state index contributed by atoms with van der Waals surface area (Å²) in [6.45, 7) is 1.82. The van der Waals surface area contributed by atoms with Gasteiger partial charge in [-0.25, -0.2) is 0 Å². The lowest BCUT2D eigenvalue weighted by molar-refractivity contribution is 0.0472. The molecule has 1 aliphatic carbocycles. The predicted molar refractivity (Wildman–Crippen MR) is 88.8 cm³/mol. The fourth-order valence-electron chi connectivity index (χ4n) is 3.84. The van der Waals surface area contributed by atoms with E-state index in [-0.39, 0.29) is 18.3 Å². The molecule has 3 rings (SSSR count). The highest BCUT2D eigenvalue weighted by Gasteiger charge is 2.36. The molecule has 3 nitrogen and oxygen atoms in total. The number of carbonyl (C=O) groups is 1. The highest BCUT2D eigenvalue weighted by molar-refractivity contribution is 5.95. The summed E-state index contributed by atoms with van der Waals surface area (Å²) >= 11 is 0. The minimum absolute atomic E-state index is 0. The standard InChI is InChI=1S/C17H24N2O.ClH/c18-15-6-4-5-14(13-15)16(20)19-11-9-17(10-12-19)7-2-1-3-8-17;/h4-6,13H,1-3,7-12,18H2;1H. The molecular weight excluding hydrogens is 284 g/mol. The van der Waals surface area contributed by atoms with E-state index in [0.29, 0.717) is 11.1 Å². The molecule has 1 saturated heterocycles. The number of rotatable bonds is 1. The summed E-state index contributed by atoms with van der Waals surface area (Å²) in [6.07, 6.45) is 9.25. The maximum Gasteiger partial charge on any atom is 0.253 e. The van der Waals surface area contributed by atoms with Gasteiger partial charge in [0.15, 0.2) is 0 Å². The summed E-state index contributed by atoms with van der Waals surface area (Å²) in [4.78, 5) is 14.5. The zero-order chi connectivity index (χ0) is 14.0. The van der Waals surface area contributed by atoms with E-state index in [1.165, 1.54) is 44.9 Å². The average molecular weight is 309 g/mol. The van der Waals surface area contributed by atoms with E-state index in [0.717, 1.165) is 18.7 Å². The Morgan fingerprint density at radius 3 is 2.33 bits per heavy atom. The number of likely N-dealkylation sites (tertiary alicyclic amines) is 1. The van der Waals surface area contributed by atoms with Crippen LogP contribution in [0.25, 0.3) is 0 Å². The Morgan fingerprint density at radius 2 is 1.71 bits per heavy atom. The van der Waals surface area contributed by atoms with Crippen LogP contribution in [0.1, 0.15) is 55.3 Å². The summed E-state index contributed by atoms with van der Waals surface area (Å²) < 4.78 is 0. The van der Waals surface area contributed by atoms with Crippen molar-refractivity contribution in [3.05, 3.63) is 29.8 Å². The topological polar surface area (TPSA) is 46.3 Å². The second-order valence-corrected chi connectivity index (χ2v) is 6.48. The number of nitrogen functional groups attached to an aromatic ring is 1. The number of halogens is 1. The molecule has 2 N–H and O–H groups in total. The minimum atomic E-state index is 0. The van der Waals surface area contributed by atoms with Gasteiger partial charge in [0.05, 0.1) is 0 Å². The van der Waals surface area contributed by atoms with Crippen molar-refractivity contribution in [2.45, 2.75) is 44.9 Å². The zero-order valence-corrected chi connectivity index (χ0v) is 13.3. The van der Waals surface area contributed by atoms with Crippen molar-refractivity contribution < 1.29 is 4.79 Å². The molecule has 116 valence electrons. The van der Waals surface area contributed by atoms with Gasteiger partial charge in [0.25, 0.3) is 5.91 Å². The van der Waals surface area contributed by atoms with Crippen molar-refractivity contribution in [2.24, 2.45) is 5.41 Å². The quantitative estimate of drug-likeness (QED) is 0.800. The molecule has 0 radical (unpaired) electrons. The van der Waals surface area contributed by atoms with Gasteiger partial charge in [-0.2, -0.15) is 0 Å². The molecule has 0 unspecified atom stereocenters. The smallest absolute Gasteiger partial charge is 0.253 e. The summed E-state index contributed by atoms with van der Waals surface area (Å²) in [5, 5.41) is 0. The summed E-state index contributed by atoms with van der Waals surface area (Å²) in [5.41, 5.74) is 7.70. The Balaban J connectivity index is 0.00000161. The van der Waals surface area contributed by atoms with Gasteiger partial charge in [0.1, 0.15) is 0 Å². The fourth-order valence-corrected chi connectivity index (χ4v) is 3.84. The normalized spacial score (nSPS) is 20.9. The van der Waals surface area contributed by atoms with E-state index in [9.17, 15) is 4.79 Å². The Kier molecular flexibility index (Phi) is 5.15. The van der Waals surface area contributed by atoms with Gasteiger partial charge < -0.3 is 10.6 Å². The first-order chi connectivity index (χ1) is 9.69. The summed E-state index contributed by atoms with van der Waals surface area (Å²) in [7, 11) is 0. The van der Waals surface area contributed by atoms with Crippen LogP contribution < -0.4 is 5.73 Å². The van der Waals surface area contributed by atoms with Crippen LogP contribution in [0.3, 0.4) is 0 Å². The summed E-state index contributed by atoms with van der Waals surface area (Å²) in [5.74, 6) is 0.142. The van der Waals surface area contributed by atoms with Crippen LogP contribution >= 0.6 is 12.4 Å². The molecule has 1 aromatic rings. The van der Waals surface area contributed by atoms with E-state index >= 15 is 0 Å². The van der Waals surface area contributed by atoms with E-state index < -0.39 is 0 Å². The number of piperidine rings is 1. The van der Waals surface area contributed by atoms with E-state index in [1.807, 2.05) is 23.1 Å². The maximum atomic E-state index is 12.5. The molecule has 21 heavy (non-hydrogen) atoms. The lowest BCUT2D eigenvalue weighted by atomic mass is 9.68. The molecule has 1 heterocycles. The van der Waals surface area contributed by atoms with Crippen LogP contribution in [0.5, 0.6) is 0 Å². The first kappa shape index (κ1) is 16.2. The number of nitrogens with two attached hydrogens (primary N) is 1. The van der Waals surface area contributed by atoms with Crippen LogP contribution in [-0.2, 0) is 0 Å². The largest absolute Gasteiger partial charge is 0.399 e. The van der Waals surface area contributed by atoms with Crippen molar-refractivity contribution >= 4 is 24.0 Å². The minimum Gasteiger partial charge on any atom is -0.399 e. The van der Waals surface area contributed by atoms with Gasteiger partial charge in [-0.3, -0.25) is 4.79 Å². The monoisotopic (exact) mass is 308 g/mol. The number of nitrogens with zero attached hydrogens (tertiary/aromatic N) is 1. The van der Waals surface area contributed by atoms with Gasteiger partial charge in [-0.1, -0.05) is 25.3 Å². The molecule has 4 heteroatoms. The van der Waals surface area contributed by atoms with Crippen LogP contribution in [0.2, 0.25) is 0 Å². The molecule has 1 saturated carbocycles. The fraction of sp³-hybridized carbons (Fsp3) is 0.588. The Morgan fingerprint density at radius 1 is 1.05 bits per heavy atom. The molecule has 0 atom stereocenters. The van der Waals surface area contributed by atoms with Crippen molar-refractivity contribution in [3.8, 4) is 0 Å². The Labute approximate surface area is 133 Å². The first-order valence-corrected chi connectivity index (χ1v) is 7.83. The van der Waals surface area contributed by atoms with Gasteiger partial charge in [0.2, 0.25) is 0 Å². The van der Waals surface area contributed by atoms with Gasteiger partial charge >= 0.3 is 0 Å². The van der Waals surface area contributed by atoms with E-state index in [2.05, 4.69) is 0 Å². The van der Waals surface area contributed by atoms with E-state index in [1.54, 1.807) is 6.07 Å². The third-order valence-electron chi connectivity index (χ3n) is 5.16. The molecule has 1 aliphatic heterocycles. The first-order valence-electron chi connectivity index (χ1n) is 7.83. The van der Waals surface area contributed by atoms with Crippen LogP contribution in [-0.4, -0.2) is 23.9 Å². The van der Waals surface area contributed by atoms with E-state index in [4.69, 9.17) is 5.73 Å². The maximum absolute atomic E-state index is 12.5. The predicted octanol–water partition coefficient (Wildman–Crippen LogP) is 3.88.